The molecule has 2 N–H and O–H groups in total. The molecule has 1 aromatic carbocycles. The van der Waals surface area contributed by atoms with E-state index in [1.807, 2.05) is 0 Å². The van der Waals surface area contributed by atoms with Crippen molar-refractivity contribution in [3.63, 3.8) is 0 Å². The predicted octanol–water partition coefficient (Wildman–Crippen LogP) is 0.965. The minimum absolute atomic E-state index is 0.0137. The fourth-order valence-corrected chi connectivity index (χ4v) is 2.54. The fourth-order valence-electron chi connectivity index (χ4n) is 2.54. The zero-order valence-electron chi connectivity index (χ0n) is 11.1. The number of anilines is 1. The van der Waals surface area contributed by atoms with E-state index in [-0.39, 0.29) is 33.5 Å². The highest BCUT2D eigenvalue weighted by Gasteiger charge is 2.39. The summed E-state index contributed by atoms with van der Waals surface area (Å²) in [6.07, 6.45) is 0. The summed E-state index contributed by atoms with van der Waals surface area (Å²) in [6.45, 7) is 1.12. The maximum atomic E-state index is 12.1. The van der Waals surface area contributed by atoms with E-state index >= 15 is 0 Å². The molecule has 21 heavy (non-hydrogen) atoms. The van der Waals surface area contributed by atoms with Gasteiger partial charge in [-0.3, -0.25) is 14.4 Å². The van der Waals surface area contributed by atoms with Gasteiger partial charge in [-0.2, -0.15) is 0 Å². The van der Waals surface area contributed by atoms with Crippen LogP contribution in [0.1, 0.15) is 38.0 Å². The molecular formula is C14H9NO6. The van der Waals surface area contributed by atoms with Gasteiger partial charge in [-0.1, -0.05) is 0 Å². The molecule has 106 valence electrons. The lowest BCUT2D eigenvalue weighted by Gasteiger charge is -2.08. The zero-order valence-corrected chi connectivity index (χ0v) is 11.1. The first-order valence-corrected chi connectivity index (χ1v) is 5.95. The van der Waals surface area contributed by atoms with Crippen LogP contribution in [0.2, 0.25) is 0 Å². The normalized spacial score (nSPS) is 13.0. The number of carbonyl (C=O) groups is 3. The number of nitrogens with two attached hydrogens (primary N) is 1. The second kappa shape index (κ2) is 4.02. The number of ketones is 3. The average Bonchev–Trinajstić information content (AvgIpc) is 2.68. The summed E-state index contributed by atoms with van der Waals surface area (Å²) in [6, 6.07) is 1.31. The van der Waals surface area contributed by atoms with E-state index in [0.29, 0.717) is 0 Å². The van der Waals surface area contributed by atoms with Crippen LogP contribution in [0, 0.1) is 0 Å². The minimum Gasteiger partial charge on any atom is -0.494 e. The summed E-state index contributed by atoms with van der Waals surface area (Å²) in [5, 5.41) is 0.0908. The monoisotopic (exact) mass is 287 g/mol. The van der Waals surface area contributed by atoms with E-state index in [1.54, 1.807) is 0 Å². The number of nitrogen functional groups attached to an aromatic ring is 1. The van der Waals surface area contributed by atoms with Gasteiger partial charge in [0.05, 0.1) is 23.9 Å². The first kappa shape index (κ1) is 13.0. The molecule has 0 fully saturated rings. The van der Waals surface area contributed by atoms with Gasteiger partial charge in [0, 0.05) is 11.5 Å². The average molecular weight is 287 g/mol. The SMILES string of the molecule is COc1cc2oc(=O)c(C(C)=O)c3c2c(c1N)C(=O)C3=O. The van der Waals surface area contributed by atoms with Crippen molar-refractivity contribution in [1.82, 2.24) is 0 Å². The van der Waals surface area contributed by atoms with Gasteiger partial charge < -0.3 is 14.9 Å². The Morgan fingerprint density at radius 3 is 2.38 bits per heavy atom. The first-order valence-electron chi connectivity index (χ1n) is 5.95. The number of rotatable bonds is 2. The highest BCUT2D eigenvalue weighted by molar-refractivity contribution is 6.59. The second-order valence-corrected chi connectivity index (χ2v) is 4.59. The lowest BCUT2D eigenvalue weighted by molar-refractivity contribution is 0.0823. The summed E-state index contributed by atoms with van der Waals surface area (Å²) in [5.74, 6) is -2.35. The van der Waals surface area contributed by atoms with E-state index in [0.717, 1.165) is 6.92 Å². The van der Waals surface area contributed by atoms with Crippen LogP contribution in [-0.2, 0) is 0 Å². The van der Waals surface area contributed by atoms with Gasteiger partial charge in [0.25, 0.3) is 0 Å². The van der Waals surface area contributed by atoms with Crippen LogP contribution < -0.4 is 16.1 Å². The molecule has 0 amide bonds. The molecule has 7 heteroatoms. The third-order valence-electron chi connectivity index (χ3n) is 3.43. The lowest BCUT2D eigenvalue weighted by Crippen LogP contribution is -2.18. The minimum atomic E-state index is -0.967. The van der Waals surface area contributed by atoms with Crippen LogP contribution in [0.3, 0.4) is 0 Å². The molecule has 0 bridgehead atoms. The van der Waals surface area contributed by atoms with E-state index in [1.165, 1.54) is 13.2 Å². The summed E-state index contributed by atoms with van der Waals surface area (Å²) in [7, 11) is 1.33. The summed E-state index contributed by atoms with van der Waals surface area (Å²) in [4.78, 5) is 47.7. The van der Waals surface area contributed by atoms with Crippen LogP contribution in [0.15, 0.2) is 15.3 Å². The Kier molecular flexibility index (Phi) is 2.49. The standard InChI is InChI=1S/C14H9NO6/c1-4(16)7-9-8-5(21-14(7)19)3-6(20-2)11(15)10(8)13(18)12(9)17/h3H,15H2,1-2H3. The molecule has 0 saturated heterocycles. The topological polar surface area (TPSA) is 117 Å². The van der Waals surface area contributed by atoms with Crippen LogP contribution in [0.5, 0.6) is 5.75 Å². The number of benzene rings is 1. The van der Waals surface area contributed by atoms with Crippen molar-refractivity contribution < 1.29 is 23.5 Å². The largest absolute Gasteiger partial charge is 0.494 e. The second-order valence-electron chi connectivity index (χ2n) is 4.59. The molecular weight excluding hydrogens is 278 g/mol. The Hall–Kier alpha value is -2.96. The van der Waals surface area contributed by atoms with Gasteiger partial charge in [-0.25, -0.2) is 4.79 Å². The van der Waals surface area contributed by atoms with Crippen LogP contribution in [-0.4, -0.2) is 24.5 Å². The van der Waals surface area contributed by atoms with E-state index < -0.39 is 28.5 Å². The van der Waals surface area contributed by atoms with Gasteiger partial charge in [-0.15, -0.1) is 0 Å². The third-order valence-corrected chi connectivity index (χ3v) is 3.43. The highest BCUT2D eigenvalue weighted by Crippen LogP contribution is 2.40. The number of methoxy groups -OCH3 is 1. The molecule has 0 spiro atoms. The van der Waals surface area contributed by atoms with Gasteiger partial charge in [-0.05, 0) is 6.92 Å². The van der Waals surface area contributed by atoms with Gasteiger partial charge >= 0.3 is 5.63 Å². The lowest BCUT2D eigenvalue weighted by atomic mass is 10.0. The van der Waals surface area contributed by atoms with Crippen molar-refractivity contribution in [3.05, 3.63) is 33.2 Å². The highest BCUT2D eigenvalue weighted by atomic mass is 16.5. The third kappa shape index (κ3) is 1.48. The maximum Gasteiger partial charge on any atom is 0.347 e. The number of ether oxygens (including phenoxy) is 1. The Morgan fingerprint density at radius 1 is 1.19 bits per heavy atom. The van der Waals surface area contributed by atoms with Crippen molar-refractivity contribution in [1.29, 1.82) is 0 Å². The number of hydrogen-bond acceptors (Lipinski definition) is 7. The maximum absolute atomic E-state index is 12.1. The van der Waals surface area contributed by atoms with Gasteiger partial charge in [0.2, 0.25) is 11.6 Å². The Balaban J connectivity index is 2.64. The van der Waals surface area contributed by atoms with Crippen LogP contribution in [0.25, 0.3) is 11.0 Å². The molecule has 7 nitrogen and oxygen atoms in total. The Morgan fingerprint density at radius 2 is 1.81 bits per heavy atom. The summed E-state index contributed by atoms with van der Waals surface area (Å²) in [5.41, 5.74) is 4.07. The predicted molar refractivity (Wildman–Crippen MR) is 72.1 cm³/mol. The summed E-state index contributed by atoms with van der Waals surface area (Å²) < 4.78 is 10.0. The van der Waals surface area contributed by atoms with Crippen molar-refractivity contribution in [2.45, 2.75) is 6.92 Å². The Bertz CT molecular complexity index is 921. The molecule has 1 heterocycles. The number of Topliss-reactive ketones (excluding diaryl/α,β-unsaturated/α-hetero) is 3. The molecule has 0 aliphatic heterocycles. The van der Waals surface area contributed by atoms with Crippen molar-refractivity contribution in [3.8, 4) is 5.75 Å². The molecule has 0 saturated carbocycles. The molecule has 0 radical (unpaired) electrons. The van der Waals surface area contributed by atoms with Crippen LogP contribution >= 0.6 is 0 Å². The van der Waals surface area contributed by atoms with Crippen molar-refractivity contribution >= 4 is 34.0 Å². The molecule has 1 aromatic heterocycles. The van der Waals surface area contributed by atoms with E-state index in [2.05, 4.69) is 0 Å². The molecule has 1 aliphatic carbocycles. The quantitative estimate of drug-likeness (QED) is 0.378. The number of carbonyl (C=O) groups excluding carboxylic acids is 3. The van der Waals surface area contributed by atoms with E-state index in [9.17, 15) is 19.2 Å². The number of hydrogen-bond donors (Lipinski definition) is 1. The summed E-state index contributed by atoms with van der Waals surface area (Å²) >= 11 is 0. The van der Waals surface area contributed by atoms with Crippen molar-refractivity contribution in [2.24, 2.45) is 0 Å². The van der Waals surface area contributed by atoms with E-state index in [4.69, 9.17) is 14.9 Å². The van der Waals surface area contributed by atoms with Crippen LogP contribution in [0.4, 0.5) is 5.69 Å². The molecule has 2 aromatic rings. The van der Waals surface area contributed by atoms with Crippen molar-refractivity contribution in [2.75, 3.05) is 12.8 Å². The molecule has 0 unspecified atom stereocenters. The molecule has 0 atom stereocenters. The zero-order chi connectivity index (χ0) is 15.5. The molecule has 3 rings (SSSR count). The first-order chi connectivity index (χ1) is 9.88. The van der Waals surface area contributed by atoms with Gasteiger partial charge in [0.15, 0.2) is 5.78 Å². The Labute approximate surface area is 117 Å². The smallest absolute Gasteiger partial charge is 0.347 e. The fraction of sp³-hybridized carbons (Fsp3) is 0.143. The van der Waals surface area contributed by atoms with Gasteiger partial charge in [0.1, 0.15) is 16.9 Å². The molecule has 1 aliphatic rings.